The third-order valence-corrected chi connectivity index (χ3v) is 2.94. The number of amides is 1. The van der Waals surface area contributed by atoms with Gasteiger partial charge in [-0.25, -0.2) is 9.48 Å². The number of carbonyl (C=O) groups excluding carboxylic acids is 1. The highest BCUT2D eigenvalue weighted by atomic mass is 16.5. The Kier molecular flexibility index (Phi) is 4.30. The van der Waals surface area contributed by atoms with Gasteiger partial charge in [-0.1, -0.05) is 5.21 Å². The van der Waals surface area contributed by atoms with E-state index in [1.165, 1.54) is 10.9 Å². The molecule has 1 aliphatic heterocycles. The van der Waals surface area contributed by atoms with Crippen molar-refractivity contribution in [2.45, 2.75) is 25.7 Å². The predicted molar refractivity (Wildman–Crippen MR) is 65.0 cm³/mol. The molecule has 2 unspecified atom stereocenters. The maximum absolute atomic E-state index is 12.1. The van der Waals surface area contributed by atoms with Gasteiger partial charge in [-0.15, -0.1) is 5.10 Å². The minimum absolute atomic E-state index is 0.0921. The third kappa shape index (κ3) is 3.31. The summed E-state index contributed by atoms with van der Waals surface area (Å²) in [7, 11) is 0. The van der Waals surface area contributed by atoms with Crippen molar-refractivity contribution in [3.8, 4) is 0 Å². The van der Waals surface area contributed by atoms with Crippen molar-refractivity contribution in [2.75, 3.05) is 19.7 Å². The maximum Gasteiger partial charge on any atom is 0.358 e. The molecule has 9 heteroatoms. The predicted octanol–water partition coefficient (Wildman–Crippen LogP) is -1.42. The fourth-order valence-corrected chi connectivity index (χ4v) is 2.06. The lowest BCUT2D eigenvalue weighted by Gasteiger charge is -2.36. The summed E-state index contributed by atoms with van der Waals surface area (Å²) in [5.74, 6) is -1.41. The van der Waals surface area contributed by atoms with Gasteiger partial charge in [0.1, 0.15) is 6.54 Å². The van der Waals surface area contributed by atoms with Crippen LogP contribution in [0.2, 0.25) is 0 Å². The average molecular weight is 284 g/mol. The van der Waals surface area contributed by atoms with E-state index in [-0.39, 0.29) is 30.9 Å². The molecule has 0 saturated carbocycles. The van der Waals surface area contributed by atoms with Gasteiger partial charge < -0.3 is 19.8 Å². The van der Waals surface area contributed by atoms with Crippen molar-refractivity contribution in [3.63, 3.8) is 0 Å². The van der Waals surface area contributed by atoms with Gasteiger partial charge in [0.15, 0.2) is 5.69 Å². The normalized spacial score (nSPS) is 22.8. The summed E-state index contributed by atoms with van der Waals surface area (Å²) < 4.78 is 6.63. The molecule has 1 aromatic heterocycles. The summed E-state index contributed by atoms with van der Waals surface area (Å²) in [5, 5.41) is 24.9. The SMILES string of the molecule is CC1CN(C(=O)Cn2cc(C(=O)O)nn2)CC(CO)O1. The number of rotatable bonds is 4. The number of nitrogens with zero attached hydrogens (tertiary/aromatic N) is 4. The van der Waals surface area contributed by atoms with Crippen molar-refractivity contribution in [1.29, 1.82) is 0 Å². The van der Waals surface area contributed by atoms with E-state index in [0.29, 0.717) is 13.1 Å². The minimum atomic E-state index is -1.19. The molecule has 20 heavy (non-hydrogen) atoms. The zero-order chi connectivity index (χ0) is 14.7. The second kappa shape index (κ2) is 5.97. The number of carbonyl (C=O) groups is 2. The van der Waals surface area contributed by atoms with Gasteiger partial charge in [-0.2, -0.15) is 0 Å². The zero-order valence-electron chi connectivity index (χ0n) is 11.0. The molecule has 9 nitrogen and oxygen atoms in total. The fraction of sp³-hybridized carbons (Fsp3) is 0.636. The molecule has 1 fully saturated rings. The van der Waals surface area contributed by atoms with Gasteiger partial charge in [-0.3, -0.25) is 4.79 Å². The molecule has 1 saturated heterocycles. The molecule has 1 aromatic rings. The van der Waals surface area contributed by atoms with Crippen molar-refractivity contribution in [2.24, 2.45) is 0 Å². The Bertz CT molecular complexity index is 503. The van der Waals surface area contributed by atoms with Gasteiger partial charge in [-0.05, 0) is 6.92 Å². The average Bonchev–Trinajstić information content (AvgIpc) is 2.86. The number of hydrogen-bond donors (Lipinski definition) is 2. The number of carboxylic acid groups (broad SMARTS) is 1. The van der Waals surface area contributed by atoms with E-state index in [9.17, 15) is 9.59 Å². The molecule has 2 rings (SSSR count). The molecular weight excluding hydrogens is 268 g/mol. The highest BCUT2D eigenvalue weighted by molar-refractivity contribution is 5.84. The van der Waals surface area contributed by atoms with Crippen molar-refractivity contribution >= 4 is 11.9 Å². The largest absolute Gasteiger partial charge is 0.476 e. The smallest absolute Gasteiger partial charge is 0.358 e. The van der Waals surface area contributed by atoms with Gasteiger partial charge >= 0.3 is 5.97 Å². The lowest BCUT2D eigenvalue weighted by molar-refractivity contribution is -0.147. The lowest BCUT2D eigenvalue weighted by Crippen LogP contribution is -2.51. The highest BCUT2D eigenvalue weighted by Crippen LogP contribution is 2.11. The van der Waals surface area contributed by atoms with Crippen LogP contribution in [0.5, 0.6) is 0 Å². The van der Waals surface area contributed by atoms with Gasteiger partial charge in [0.2, 0.25) is 5.91 Å². The van der Waals surface area contributed by atoms with Crippen LogP contribution < -0.4 is 0 Å². The third-order valence-electron chi connectivity index (χ3n) is 2.94. The number of carboxylic acids is 1. The Morgan fingerprint density at radius 1 is 1.50 bits per heavy atom. The summed E-state index contributed by atoms with van der Waals surface area (Å²) >= 11 is 0. The molecule has 0 bridgehead atoms. The van der Waals surface area contributed by atoms with Crippen LogP contribution in [-0.2, 0) is 16.1 Å². The Hall–Kier alpha value is -2.00. The van der Waals surface area contributed by atoms with Crippen LogP contribution in [0.1, 0.15) is 17.4 Å². The number of hydrogen-bond acceptors (Lipinski definition) is 6. The number of aliphatic hydroxyl groups is 1. The summed E-state index contributed by atoms with van der Waals surface area (Å²) in [5.41, 5.74) is -0.207. The van der Waals surface area contributed by atoms with E-state index in [2.05, 4.69) is 10.3 Å². The number of morpholine rings is 1. The molecule has 2 N–H and O–H groups in total. The summed E-state index contributed by atoms with van der Waals surface area (Å²) in [6.45, 7) is 2.31. The molecule has 1 aliphatic rings. The summed E-state index contributed by atoms with van der Waals surface area (Å²) in [6.07, 6.45) is 0.649. The van der Waals surface area contributed by atoms with Crippen LogP contribution in [0.15, 0.2) is 6.20 Å². The lowest BCUT2D eigenvalue weighted by atomic mass is 10.2. The molecule has 1 amide bonds. The van der Waals surface area contributed by atoms with Crippen LogP contribution in [0, 0.1) is 0 Å². The van der Waals surface area contributed by atoms with Gasteiger partial charge in [0.05, 0.1) is 25.0 Å². The molecule has 2 heterocycles. The van der Waals surface area contributed by atoms with E-state index in [1.807, 2.05) is 6.92 Å². The van der Waals surface area contributed by atoms with E-state index in [1.54, 1.807) is 4.90 Å². The molecule has 110 valence electrons. The number of aromatic nitrogens is 3. The van der Waals surface area contributed by atoms with Gasteiger partial charge in [0, 0.05) is 13.1 Å². The van der Waals surface area contributed by atoms with Crippen molar-refractivity contribution < 1.29 is 24.5 Å². The van der Waals surface area contributed by atoms with Crippen LogP contribution >= 0.6 is 0 Å². The molecule has 0 aromatic carbocycles. The molecule has 0 spiro atoms. The van der Waals surface area contributed by atoms with Crippen molar-refractivity contribution in [1.82, 2.24) is 19.9 Å². The Morgan fingerprint density at radius 3 is 2.85 bits per heavy atom. The first kappa shape index (κ1) is 14.4. The second-order valence-electron chi connectivity index (χ2n) is 4.66. The highest BCUT2D eigenvalue weighted by Gasteiger charge is 2.28. The van der Waals surface area contributed by atoms with E-state index in [4.69, 9.17) is 14.9 Å². The molecule has 2 atom stereocenters. The molecule has 0 radical (unpaired) electrons. The monoisotopic (exact) mass is 284 g/mol. The fourth-order valence-electron chi connectivity index (χ4n) is 2.06. The number of aliphatic hydroxyl groups excluding tert-OH is 1. The van der Waals surface area contributed by atoms with Crippen LogP contribution in [-0.4, -0.2) is 73.9 Å². The minimum Gasteiger partial charge on any atom is -0.476 e. The van der Waals surface area contributed by atoms with Crippen LogP contribution in [0.4, 0.5) is 0 Å². The zero-order valence-corrected chi connectivity index (χ0v) is 11.0. The Morgan fingerprint density at radius 2 is 2.25 bits per heavy atom. The van der Waals surface area contributed by atoms with Gasteiger partial charge in [0.25, 0.3) is 0 Å². The van der Waals surface area contributed by atoms with E-state index >= 15 is 0 Å². The number of ether oxygens (including phenoxy) is 1. The topological polar surface area (TPSA) is 118 Å². The van der Waals surface area contributed by atoms with E-state index < -0.39 is 12.1 Å². The van der Waals surface area contributed by atoms with Crippen LogP contribution in [0.3, 0.4) is 0 Å². The summed E-state index contributed by atoms with van der Waals surface area (Å²) in [4.78, 5) is 24.3. The maximum atomic E-state index is 12.1. The Balaban J connectivity index is 1.98. The molecule has 0 aliphatic carbocycles. The van der Waals surface area contributed by atoms with Crippen molar-refractivity contribution in [3.05, 3.63) is 11.9 Å². The summed E-state index contributed by atoms with van der Waals surface area (Å²) in [6, 6.07) is 0. The first-order valence-electron chi connectivity index (χ1n) is 6.17. The first-order chi connectivity index (χ1) is 9.49. The molecular formula is C11H16N4O5. The van der Waals surface area contributed by atoms with Crippen LogP contribution in [0.25, 0.3) is 0 Å². The first-order valence-corrected chi connectivity index (χ1v) is 6.17. The quantitative estimate of drug-likeness (QED) is 0.697. The standard InChI is InChI=1S/C11H16N4O5/c1-7-2-14(3-8(6-16)20-7)10(17)5-15-4-9(11(18)19)12-13-15/h4,7-8,16H,2-3,5-6H2,1H3,(H,18,19). The number of aromatic carboxylic acids is 1. The van der Waals surface area contributed by atoms with E-state index in [0.717, 1.165) is 0 Å². The second-order valence-corrected chi connectivity index (χ2v) is 4.66. The Labute approximate surface area is 114 Å².